The van der Waals surface area contributed by atoms with Crippen molar-refractivity contribution in [1.82, 2.24) is 9.55 Å². The van der Waals surface area contributed by atoms with Gasteiger partial charge in [0.2, 0.25) is 0 Å². The lowest BCUT2D eigenvalue weighted by atomic mass is 9.95. The van der Waals surface area contributed by atoms with Crippen molar-refractivity contribution in [2.45, 2.75) is 97.4 Å². The van der Waals surface area contributed by atoms with E-state index in [4.69, 9.17) is 4.98 Å². The van der Waals surface area contributed by atoms with Gasteiger partial charge in [-0.05, 0) is 18.6 Å². The van der Waals surface area contributed by atoms with E-state index in [0.717, 1.165) is 12.1 Å². The summed E-state index contributed by atoms with van der Waals surface area (Å²) in [6, 6.07) is 8.57. The third-order valence-electron chi connectivity index (χ3n) is 4.81. The number of nitrogens with zero attached hydrogens (tertiary/aromatic N) is 2. The second-order valence-corrected chi connectivity index (χ2v) is 8.15. The van der Waals surface area contributed by atoms with Gasteiger partial charge in [0, 0.05) is 12.0 Å². The molecule has 0 atom stereocenters. The molecule has 0 aliphatic rings. The smallest absolute Gasteiger partial charge is 0.115 e. The number of hydrogen-bond donors (Lipinski definition) is 0. The molecular formula is C22H36N2. The van der Waals surface area contributed by atoms with Crippen molar-refractivity contribution in [2.24, 2.45) is 0 Å². The van der Waals surface area contributed by atoms with Crippen molar-refractivity contribution in [3.63, 3.8) is 0 Å². The normalized spacial score (nSPS) is 12.2. The fourth-order valence-corrected chi connectivity index (χ4v) is 3.46. The maximum atomic E-state index is 4.90. The van der Waals surface area contributed by atoms with Crippen LogP contribution in [0.2, 0.25) is 0 Å². The molecule has 0 unspecified atom stereocenters. The lowest BCUT2D eigenvalue weighted by Crippen LogP contribution is -2.19. The Morgan fingerprint density at radius 1 is 0.833 bits per heavy atom. The summed E-state index contributed by atoms with van der Waals surface area (Å²) in [6.07, 6.45) is 12.4. The van der Waals surface area contributed by atoms with Gasteiger partial charge < -0.3 is 4.57 Å². The van der Waals surface area contributed by atoms with Crippen molar-refractivity contribution in [3.05, 3.63) is 30.1 Å². The molecule has 0 bridgehead atoms. The Hall–Kier alpha value is -1.31. The average Bonchev–Trinajstić information content (AvgIpc) is 2.92. The summed E-state index contributed by atoms with van der Waals surface area (Å²) < 4.78 is 2.45. The van der Waals surface area contributed by atoms with Gasteiger partial charge in [-0.15, -0.1) is 0 Å². The quantitative estimate of drug-likeness (QED) is 0.435. The van der Waals surface area contributed by atoms with E-state index in [2.05, 4.69) is 56.5 Å². The van der Waals surface area contributed by atoms with Crippen LogP contribution in [-0.4, -0.2) is 9.55 Å². The number of imidazole rings is 1. The lowest BCUT2D eigenvalue weighted by molar-refractivity contribution is 0.483. The van der Waals surface area contributed by atoms with Crippen molar-refractivity contribution in [3.8, 4) is 0 Å². The summed E-state index contributed by atoms with van der Waals surface area (Å²) in [5.74, 6) is 1.23. The van der Waals surface area contributed by atoms with Gasteiger partial charge in [0.15, 0.2) is 0 Å². The topological polar surface area (TPSA) is 17.8 Å². The summed E-state index contributed by atoms with van der Waals surface area (Å²) in [5.41, 5.74) is 2.53. The van der Waals surface area contributed by atoms with Crippen molar-refractivity contribution < 1.29 is 0 Å². The molecule has 2 aromatic rings. The molecule has 0 aliphatic heterocycles. The highest BCUT2D eigenvalue weighted by Crippen LogP contribution is 2.27. The molecule has 1 heterocycles. The van der Waals surface area contributed by atoms with Gasteiger partial charge in [0.1, 0.15) is 5.82 Å². The third kappa shape index (κ3) is 5.36. The summed E-state index contributed by atoms with van der Waals surface area (Å²) >= 11 is 0. The van der Waals surface area contributed by atoms with Crippen LogP contribution in [0.4, 0.5) is 0 Å². The van der Waals surface area contributed by atoms with Gasteiger partial charge in [0.25, 0.3) is 0 Å². The average molecular weight is 329 g/mol. The van der Waals surface area contributed by atoms with E-state index in [1.165, 1.54) is 69.1 Å². The van der Waals surface area contributed by atoms with Crippen LogP contribution in [0, 0.1) is 0 Å². The number of unbranched alkanes of at least 4 members (excludes halogenated alkanes) is 8. The van der Waals surface area contributed by atoms with Gasteiger partial charge in [-0.1, -0.05) is 91.2 Å². The molecule has 0 spiro atoms. The van der Waals surface area contributed by atoms with Gasteiger partial charge in [-0.2, -0.15) is 0 Å². The van der Waals surface area contributed by atoms with Crippen LogP contribution in [0.5, 0.6) is 0 Å². The Labute approximate surface area is 148 Å². The highest BCUT2D eigenvalue weighted by atomic mass is 15.1. The summed E-state index contributed by atoms with van der Waals surface area (Å²) in [5, 5.41) is 0. The molecule has 1 aromatic heterocycles. The van der Waals surface area contributed by atoms with Crippen LogP contribution in [-0.2, 0) is 12.0 Å². The van der Waals surface area contributed by atoms with Crippen LogP contribution in [0.25, 0.3) is 11.0 Å². The van der Waals surface area contributed by atoms with Crippen LogP contribution in [0.3, 0.4) is 0 Å². The molecule has 0 aliphatic carbocycles. The fraction of sp³-hybridized carbons (Fsp3) is 0.682. The lowest BCUT2D eigenvalue weighted by Gasteiger charge is -2.20. The summed E-state index contributed by atoms with van der Waals surface area (Å²) in [4.78, 5) is 4.90. The third-order valence-corrected chi connectivity index (χ3v) is 4.81. The van der Waals surface area contributed by atoms with E-state index in [-0.39, 0.29) is 5.41 Å². The van der Waals surface area contributed by atoms with E-state index < -0.39 is 0 Å². The number of aryl methyl sites for hydroxylation is 1. The Balaban J connectivity index is 1.84. The molecule has 0 fully saturated rings. The van der Waals surface area contributed by atoms with Crippen molar-refractivity contribution >= 4 is 11.0 Å². The van der Waals surface area contributed by atoms with E-state index in [9.17, 15) is 0 Å². The summed E-state index contributed by atoms with van der Waals surface area (Å²) in [7, 11) is 0. The summed E-state index contributed by atoms with van der Waals surface area (Å²) in [6.45, 7) is 10.2. The van der Waals surface area contributed by atoms with Gasteiger partial charge >= 0.3 is 0 Å². The van der Waals surface area contributed by atoms with Crippen molar-refractivity contribution in [1.29, 1.82) is 0 Å². The largest absolute Gasteiger partial charge is 0.328 e. The predicted octanol–water partition coefficient (Wildman–Crippen LogP) is 6.86. The van der Waals surface area contributed by atoms with Crippen LogP contribution in [0.1, 0.15) is 91.3 Å². The molecule has 1 aromatic carbocycles. The highest BCUT2D eigenvalue weighted by molar-refractivity contribution is 5.76. The first kappa shape index (κ1) is 19.0. The number of benzene rings is 1. The zero-order valence-corrected chi connectivity index (χ0v) is 16.3. The molecular weight excluding hydrogens is 292 g/mol. The minimum Gasteiger partial charge on any atom is -0.328 e. The van der Waals surface area contributed by atoms with E-state index >= 15 is 0 Å². The molecule has 0 N–H and O–H groups in total. The Bertz CT molecular complexity index is 604. The molecule has 0 amide bonds. The zero-order chi connectivity index (χ0) is 17.4. The molecule has 24 heavy (non-hydrogen) atoms. The minimum absolute atomic E-state index is 0.0955. The van der Waals surface area contributed by atoms with Gasteiger partial charge in [-0.3, -0.25) is 0 Å². The van der Waals surface area contributed by atoms with Crippen LogP contribution >= 0.6 is 0 Å². The maximum absolute atomic E-state index is 4.90. The van der Waals surface area contributed by atoms with Crippen LogP contribution < -0.4 is 0 Å². The Morgan fingerprint density at radius 3 is 2.04 bits per heavy atom. The number of aromatic nitrogens is 2. The number of para-hydroxylation sites is 2. The fourth-order valence-electron chi connectivity index (χ4n) is 3.46. The monoisotopic (exact) mass is 328 g/mol. The van der Waals surface area contributed by atoms with E-state index in [1.807, 2.05) is 0 Å². The first-order chi connectivity index (χ1) is 11.5. The first-order valence-electron chi connectivity index (χ1n) is 10.00. The molecule has 134 valence electrons. The number of hydrogen-bond acceptors (Lipinski definition) is 1. The van der Waals surface area contributed by atoms with Gasteiger partial charge in [0.05, 0.1) is 11.0 Å². The predicted molar refractivity (Wildman–Crippen MR) is 106 cm³/mol. The molecule has 2 heteroatoms. The molecule has 0 saturated heterocycles. The highest BCUT2D eigenvalue weighted by Gasteiger charge is 2.22. The maximum Gasteiger partial charge on any atom is 0.115 e. The van der Waals surface area contributed by atoms with Crippen molar-refractivity contribution in [2.75, 3.05) is 0 Å². The van der Waals surface area contributed by atoms with E-state index in [0.29, 0.717) is 0 Å². The SMILES string of the molecule is CCCCCCCCCCCn1c(C(C)(C)C)nc2ccccc21. The van der Waals surface area contributed by atoms with E-state index in [1.54, 1.807) is 0 Å². The van der Waals surface area contributed by atoms with Gasteiger partial charge in [-0.25, -0.2) is 4.98 Å². The Kier molecular flexibility index (Phi) is 7.33. The zero-order valence-electron chi connectivity index (χ0n) is 16.3. The standard InChI is InChI=1S/C22H36N2/c1-5-6-7-8-9-10-11-12-15-18-24-20-17-14-13-16-19(20)23-21(24)22(2,3)4/h13-14,16-17H,5-12,15,18H2,1-4H3. The molecule has 0 saturated carbocycles. The molecule has 0 radical (unpaired) electrons. The van der Waals surface area contributed by atoms with Crippen LogP contribution in [0.15, 0.2) is 24.3 Å². The number of rotatable bonds is 10. The molecule has 2 rings (SSSR count). The number of fused-ring (bicyclic) bond motifs is 1. The molecule has 2 nitrogen and oxygen atoms in total. The second kappa shape index (κ2) is 9.25. The Morgan fingerprint density at radius 2 is 1.42 bits per heavy atom. The second-order valence-electron chi connectivity index (χ2n) is 8.15. The minimum atomic E-state index is 0.0955. The first-order valence-corrected chi connectivity index (χ1v) is 10.00.